The first-order valence-corrected chi connectivity index (χ1v) is 8.35. The summed E-state index contributed by atoms with van der Waals surface area (Å²) in [4.78, 5) is 14.6. The molecule has 23 heavy (non-hydrogen) atoms. The van der Waals surface area contributed by atoms with Crippen LogP contribution in [0.5, 0.6) is 0 Å². The van der Waals surface area contributed by atoms with Crippen molar-refractivity contribution >= 4 is 16.9 Å². The van der Waals surface area contributed by atoms with Crippen molar-refractivity contribution in [2.45, 2.75) is 20.3 Å². The molecule has 1 amide bonds. The molecule has 1 aliphatic heterocycles. The third-order valence-electron chi connectivity index (χ3n) is 4.50. The van der Waals surface area contributed by atoms with Gasteiger partial charge in [-0.05, 0) is 56.1 Å². The molecule has 0 bridgehead atoms. The molecular formula is C18H25N3O2. The molecule has 1 fully saturated rings. The van der Waals surface area contributed by atoms with Gasteiger partial charge < -0.3 is 20.0 Å². The highest BCUT2D eigenvalue weighted by atomic mass is 16.3. The van der Waals surface area contributed by atoms with Gasteiger partial charge >= 0.3 is 0 Å². The zero-order valence-electron chi connectivity index (χ0n) is 13.9. The Kier molecular flexibility index (Phi) is 4.98. The standard InChI is InChI=1S/C18H25N3O2/c1-13-10-15-12-17(23-16(15)11-14(13)2)18(22)20-4-3-7-21-8-5-19-6-9-21/h10-12,19H,3-9H2,1-2H3,(H,20,22). The van der Waals surface area contributed by atoms with Gasteiger partial charge in [-0.25, -0.2) is 0 Å². The minimum Gasteiger partial charge on any atom is -0.451 e. The average Bonchev–Trinajstić information content (AvgIpc) is 2.95. The maximum absolute atomic E-state index is 12.2. The van der Waals surface area contributed by atoms with E-state index in [1.807, 2.05) is 19.1 Å². The summed E-state index contributed by atoms with van der Waals surface area (Å²) in [6.45, 7) is 10.1. The number of carbonyl (C=O) groups excluding carboxylic acids is 1. The van der Waals surface area contributed by atoms with Crippen LogP contribution < -0.4 is 10.6 Å². The number of aryl methyl sites for hydroxylation is 2. The lowest BCUT2D eigenvalue weighted by Crippen LogP contribution is -2.44. The maximum atomic E-state index is 12.2. The maximum Gasteiger partial charge on any atom is 0.287 e. The molecular weight excluding hydrogens is 290 g/mol. The lowest BCUT2D eigenvalue weighted by Gasteiger charge is -2.26. The predicted molar refractivity (Wildman–Crippen MR) is 91.9 cm³/mol. The predicted octanol–water partition coefficient (Wildman–Crippen LogP) is 2.07. The van der Waals surface area contributed by atoms with Crippen LogP contribution >= 0.6 is 0 Å². The van der Waals surface area contributed by atoms with E-state index in [0.717, 1.165) is 50.1 Å². The third kappa shape index (κ3) is 3.92. The number of hydrogen-bond donors (Lipinski definition) is 2. The topological polar surface area (TPSA) is 57.5 Å². The Hall–Kier alpha value is -1.85. The summed E-state index contributed by atoms with van der Waals surface area (Å²) in [5, 5.41) is 7.28. The molecule has 1 aromatic carbocycles. The first-order chi connectivity index (χ1) is 11.1. The highest BCUT2D eigenvalue weighted by molar-refractivity contribution is 5.96. The number of carbonyl (C=O) groups is 1. The fraction of sp³-hybridized carbons (Fsp3) is 0.500. The van der Waals surface area contributed by atoms with Gasteiger partial charge in [-0.2, -0.15) is 0 Å². The van der Waals surface area contributed by atoms with Crippen LogP contribution in [0.25, 0.3) is 11.0 Å². The smallest absolute Gasteiger partial charge is 0.287 e. The number of furan rings is 1. The van der Waals surface area contributed by atoms with Crippen LogP contribution in [-0.4, -0.2) is 50.1 Å². The second-order valence-electron chi connectivity index (χ2n) is 6.29. The molecule has 1 saturated heterocycles. The van der Waals surface area contributed by atoms with E-state index in [1.165, 1.54) is 11.1 Å². The Balaban J connectivity index is 1.51. The molecule has 3 rings (SSSR count). The number of hydrogen-bond acceptors (Lipinski definition) is 4. The monoisotopic (exact) mass is 315 g/mol. The van der Waals surface area contributed by atoms with Crippen LogP contribution in [-0.2, 0) is 0 Å². The van der Waals surface area contributed by atoms with Crippen molar-refractivity contribution in [2.75, 3.05) is 39.3 Å². The van der Waals surface area contributed by atoms with Crippen LogP contribution in [0, 0.1) is 13.8 Å². The van der Waals surface area contributed by atoms with Crippen molar-refractivity contribution in [3.05, 3.63) is 35.1 Å². The minimum atomic E-state index is -0.128. The Labute approximate surface area is 137 Å². The highest BCUT2D eigenvalue weighted by Gasteiger charge is 2.13. The van der Waals surface area contributed by atoms with Crippen molar-refractivity contribution in [3.8, 4) is 0 Å². The van der Waals surface area contributed by atoms with E-state index in [4.69, 9.17) is 4.42 Å². The minimum absolute atomic E-state index is 0.128. The molecule has 2 N–H and O–H groups in total. The first kappa shape index (κ1) is 16.0. The first-order valence-electron chi connectivity index (χ1n) is 8.35. The third-order valence-corrected chi connectivity index (χ3v) is 4.50. The summed E-state index contributed by atoms with van der Waals surface area (Å²) >= 11 is 0. The number of benzene rings is 1. The van der Waals surface area contributed by atoms with Gasteiger partial charge in [0, 0.05) is 38.1 Å². The van der Waals surface area contributed by atoms with Gasteiger partial charge in [0.1, 0.15) is 5.58 Å². The molecule has 124 valence electrons. The van der Waals surface area contributed by atoms with E-state index in [1.54, 1.807) is 0 Å². The van der Waals surface area contributed by atoms with E-state index in [2.05, 4.69) is 28.5 Å². The molecule has 1 aromatic heterocycles. The van der Waals surface area contributed by atoms with Crippen LogP contribution in [0.3, 0.4) is 0 Å². The number of rotatable bonds is 5. The highest BCUT2D eigenvalue weighted by Crippen LogP contribution is 2.23. The normalized spacial score (nSPS) is 15.9. The van der Waals surface area contributed by atoms with E-state index in [-0.39, 0.29) is 5.91 Å². The average molecular weight is 315 g/mol. The van der Waals surface area contributed by atoms with E-state index < -0.39 is 0 Å². The van der Waals surface area contributed by atoms with Gasteiger partial charge in [-0.15, -0.1) is 0 Å². The molecule has 2 heterocycles. The van der Waals surface area contributed by atoms with Crippen molar-refractivity contribution in [3.63, 3.8) is 0 Å². The lowest BCUT2D eigenvalue weighted by molar-refractivity contribution is 0.0925. The van der Waals surface area contributed by atoms with Gasteiger partial charge in [0.2, 0.25) is 0 Å². The Morgan fingerprint density at radius 3 is 2.74 bits per heavy atom. The molecule has 0 unspecified atom stereocenters. The summed E-state index contributed by atoms with van der Waals surface area (Å²) in [5.74, 6) is 0.268. The number of nitrogens with one attached hydrogen (secondary N) is 2. The van der Waals surface area contributed by atoms with Crippen LogP contribution in [0.4, 0.5) is 0 Å². The quantitative estimate of drug-likeness (QED) is 0.830. The van der Waals surface area contributed by atoms with E-state index in [0.29, 0.717) is 12.3 Å². The van der Waals surface area contributed by atoms with Crippen molar-refractivity contribution < 1.29 is 9.21 Å². The van der Waals surface area contributed by atoms with Gasteiger partial charge in [0.15, 0.2) is 5.76 Å². The molecule has 1 aliphatic rings. The summed E-state index contributed by atoms with van der Waals surface area (Å²) in [6, 6.07) is 5.88. The van der Waals surface area contributed by atoms with Crippen LogP contribution in [0.1, 0.15) is 28.1 Å². The zero-order valence-corrected chi connectivity index (χ0v) is 13.9. The molecule has 0 aliphatic carbocycles. The van der Waals surface area contributed by atoms with Gasteiger partial charge in [0.25, 0.3) is 5.91 Å². The number of piperazine rings is 1. The summed E-state index contributed by atoms with van der Waals surface area (Å²) in [6.07, 6.45) is 0.962. The van der Waals surface area contributed by atoms with E-state index in [9.17, 15) is 4.79 Å². The molecule has 5 heteroatoms. The zero-order chi connectivity index (χ0) is 16.2. The van der Waals surface area contributed by atoms with Gasteiger partial charge in [-0.3, -0.25) is 4.79 Å². The van der Waals surface area contributed by atoms with Crippen LogP contribution in [0.15, 0.2) is 22.6 Å². The van der Waals surface area contributed by atoms with Crippen molar-refractivity contribution in [1.29, 1.82) is 0 Å². The summed E-state index contributed by atoms with van der Waals surface area (Å²) in [5.41, 5.74) is 3.16. The summed E-state index contributed by atoms with van der Waals surface area (Å²) < 4.78 is 5.68. The van der Waals surface area contributed by atoms with E-state index >= 15 is 0 Å². The number of amides is 1. The van der Waals surface area contributed by atoms with Gasteiger partial charge in [-0.1, -0.05) is 0 Å². The molecule has 5 nitrogen and oxygen atoms in total. The van der Waals surface area contributed by atoms with Gasteiger partial charge in [0.05, 0.1) is 0 Å². The molecule has 0 saturated carbocycles. The Morgan fingerprint density at radius 2 is 1.96 bits per heavy atom. The second-order valence-corrected chi connectivity index (χ2v) is 6.29. The Morgan fingerprint density at radius 1 is 1.22 bits per heavy atom. The van der Waals surface area contributed by atoms with Crippen molar-refractivity contribution in [1.82, 2.24) is 15.5 Å². The molecule has 2 aromatic rings. The summed E-state index contributed by atoms with van der Waals surface area (Å²) in [7, 11) is 0. The SMILES string of the molecule is Cc1cc2cc(C(=O)NCCCN3CCNCC3)oc2cc1C. The largest absolute Gasteiger partial charge is 0.451 e. The fourth-order valence-corrected chi connectivity index (χ4v) is 2.94. The fourth-order valence-electron chi connectivity index (χ4n) is 2.94. The lowest BCUT2D eigenvalue weighted by atomic mass is 10.1. The number of fused-ring (bicyclic) bond motifs is 1. The number of nitrogens with zero attached hydrogens (tertiary/aromatic N) is 1. The molecule has 0 radical (unpaired) electrons. The van der Waals surface area contributed by atoms with Crippen LogP contribution in [0.2, 0.25) is 0 Å². The Bertz CT molecular complexity index is 648. The molecule has 0 atom stereocenters. The second kappa shape index (κ2) is 7.15. The molecule has 0 spiro atoms. The van der Waals surface area contributed by atoms with Crippen molar-refractivity contribution in [2.24, 2.45) is 0 Å².